The molecule has 0 bridgehead atoms. The molecule has 2 nitrogen and oxygen atoms in total. The highest BCUT2D eigenvalue weighted by Crippen LogP contribution is 2.16. The van der Waals surface area contributed by atoms with Crippen LogP contribution in [0.2, 0.25) is 0 Å². The van der Waals surface area contributed by atoms with E-state index in [1.807, 2.05) is 19.9 Å². The van der Waals surface area contributed by atoms with Crippen molar-refractivity contribution in [2.45, 2.75) is 60.3 Å². The monoisotopic (exact) mass is 378 g/mol. The van der Waals surface area contributed by atoms with Crippen molar-refractivity contribution in [2.24, 2.45) is 0 Å². The summed E-state index contributed by atoms with van der Waals surface area (Å²) < 4.78 is 1.65. The van der Waals surface area contributed by atoms with Gasteiger partial charge in [0, 0.05) is 6.54 Å². The fourth-order valence-corrected chi connectivity index (χ4v) is 2.09. The van der Waals surface area contributed by atoms with E-state index in [-0.39, 0.29) is 0 Å². The zero-order valence-electron chi connectivity index (χ0n) is 16.2. The van der Waals surface area contributed by atoms with Crippen LogP contribution in [-0.2, 0) is 0 Å². The summed E-state index contributed by atoms with van der Waals surface area (Å²) in [6.45, 7) is 13.8. The van der Waals surface area contributed by atoms with Crippen LogP contribution < -0.4 is 5.32 Å². The van der Waals surface area contributed by atoms with Crippen LogP contribution in [0.5, 0.6) is 0 Å². The van der Waals surface area contributed by atoms with E-state index in [0.717, 1.165) is 21.3 Å². The second kappa shape index (κ2) is 22.0. The summed E-state index contributed by atoms with van der Waals surface area (Å²) in [6, 6.07) is 1.95. The number of hydrogen-bond acceptors (Lipinski definition) is 5. The van der Waals surface area contributed by atoms with Gasteiger partial charge < -0.3 is 10.2 Å². The van der Waals surface area contributed by atoms with Gasteiger partial charge in [-0.15, -0.1) is 0 Å². The van der Waals surface area contributed by atoms with E-state index >= 15 is 0 Å². The van der Waals surface area contributed by atoms with Crippen LogP contribution in [0, 0.1) is 9.02 Å². The van der Waals surface area contributed by atoms with Gasteiger partial charge in [0.15, 0.2) is 0 Å². The molecule has 0 radical (unpaired) electrons. The second-order valence-electron chi connectivity index (χ2n) is 4.90. The van der Waals surface area contributed by atoms with Crippen LogP contribution in [0.1, 0.15) is 60.3 Å². The molecule has 0 atom stereocenters. The molecule has 0 heterocycles. The van der Waals surface area contributed by atoms with E-state index < -0.39 is 0 Å². The van der Waals surface area contributed by atoms with Gasteiger partial charge in [-0.25, -0.2) is 0 Å². The molecule has 0 unspecified atom stereocenters. The van der Waals surface area contributed by atoms with E-state index in [0.29, 0.717) is 0 Å². The van der Waals surface area contributed by atoms with Crippen molar-refractivity contribution in [1.82, 2.24) is 4.90 Å². The Morgan fingerprint density at radius 3 is 1.96 bits per heavy atom. The van der Waals surface area contributed by atoms with Gasteiger partial charge in [-0.05, 0) is 51.7 Å². The molecule has 0 spiro atoms. The van der Waals surface area contributed by atoms with Gasteiger partial charge in [0.2, 0.25) is 0 Å². The average molecular weight is 379 g/mol. The Hall–Kier alpha value is 0.0300. The number of nitrogens with zero attached hydrogens (tertiary/aromatic N) is 1. The third kappa shape index (κ3) is 16.7. The Morgan fingerprint density at radius 2 is 1.57 bits per heavy atom. The van der Waals surface area contributed by atoms with Gasteiger partial charge in [0.1, 0.15) is 0 Å². The standard InChI is InChI=1S/C12H20N2S2.C3H8.C2H6.CH4S/c1-3-7-14(2)8-5-4-6-13-10-9-11(15)12(10)16;1-3-2;2*1-2/h9,13H,3-8H2,1-2H3;3H2,1-2H3;1-2H3;2H,1H3. The molecule has 5 heteroatoms. The van der Waals surface area contributed by atoms with E-state index in [1.54, 1.807) is 6.26 Å². The molecule has 0 saturated carbocycles. The number of unbranched alkanes of at least 4 members (excludes halogenated alkanes) is 1. The van der Waals surface area contributed by atoms with Crippen molar-refractivity contribution in [3.8, 4) is 0 Å². The summed E-state index contributed by atoms with van der Waals surface area (Å²) >= 11 is 13.6. The molecule has 1 aromatic carbocycles. The summed E-state index contributed by atoms with van der Waals surface area (Å²) in [6.07, 6.45) is 6.59. The molecule has 0 aromatic heterocycles. The van der Waals surface area contributed by atoms with Gasteiger partial charge in [0.05, 0.1) is 14.7 Å². The highest BCUT2D eigenvalue weighted by atomic mass is 32.1. The Kier molecular flexibility index (Phi) is 26.7. The smallest absolute Gasteiger partial charge is 0.0790 e. The minimum absolute atomic E-state index is 0.820. The number of thiol groups is 1. The van der Waals surface area contributed by atoms with Crippen molar-refractivity contribution in [3.05, 3.63) is 15.1 Å². The normalized spacial score (nSPS) is 9.09. The van der Waals surface area contributed by atoms with Crippen molar-refractivity contribution in [3.63, 3.8) is 0 Å². The van der Waals surface area contributed by atoms with Crippen molar-refractivity contribution in [1.29, 1.82) is 0 Å². The first-order valence-electron chi connectivity index (χ1n) is 8.74. The fourth-order valence-electron chi connectivity index (χ4n) is 1.67. The molecule has 1 N–H and O–H groups in total. The lowest BCUT2D eigenvalue weighted by Crippen LogP contribution is -2.20. The summed E-state index contributed by atoms with van der Waals surface area (Å²) in [5, 5.41) is 3.32. The Labute approximate surface area is 161 Å². The van der Waals surface area contributed by atoms with E-state index in [1.165, 1.54) is 38.8 Å². The molecule has 0 amide bonds. The highest BCUT2D eigenvalue weighted by Gasteiger charge is 2.01. The lowest BCUT2D eigenvalue weighted by atomic mass is 10.2. The van der Waals surface area contributed by atoms with Gasteiger partial charge in [-0.2, -0.15) is 12.6 Å². The lowest BCUT2D eigenvalue weighted by Gasteiger charge is -2.15. The van der Waals surface area contributed by atoms with Crippen LogP contribution in [0.25, 0.3) is 0 Å². The van der Waals surface area contributed by atoms with Crippen LogP contribution in [-0.4, -0.2) is 37.8 Å². The fraction of sp³-hybridized carbons (Fsp3) is 0.778. The first-order valence-corrected chi connectivity index (χ1v) is 10.4. The van der Waals surface area contributed by atoms with Crippen molar-refractivity contribution < 1.29 is 0 Å². The van der Waals surface area contributed by atoms with Crippen LogP contribution in [0.3, 0.4) is 0 Å². The quantitative estimate of drug-likeness (QED) is 0.303. The first kappa shape index (κ1) is 27.9. The maximum Gasteiger partial charge on any atom is 0.0790 e. The van der Waals surface area contributed by atoms with E-state index in [9.17, 15) is 0 Å². The number of rotatable bonds is 8. The Morgan fingerprint density at radius 1 is 1.04 bits per heavy atom. The lowest BCUT2D eigenvalue weighted by molar-refractivity contribution is 0.328. The molecule has 0 aliphatic heterocycles. The highest BCUT2D eigenvalue weighted by molar-refractivity contribution is 7.79. The molecule has 0 aliphatic rings. The molecular formula is C18H38N2S3. The zero-order chi connectivity index (χ0) is 18.7. The van der Waals surface area contributed by atoms with E-state index in [2.05, 4.69) is 50.7 Å². The predicted molar refractivity (Wildman–Crippen MR) is 118 cm³/mol. The topological polar surface area (TPSA) is 15.3 Å². The van der Waals surface area contributed by atoms with E-state index in [4.69, 9.17) is 24.4 Å². The SMILES string of the molecule is CC.CCC.CCCN(C)CCCCNc1cc(=S)c1=S.CS. The summed E-state index contributed by atoms with van der Waals surface area (Å²) in [5.74, 6) is 0. The summed E-state index contributed by atoms with van der Waals surface area (Å²) in [5.41, 5.74) is 1.06. The molecule has 1 aromatic rings. The number of nitrogens with one attached hydrogen (secondary N) is 1. The minimum Gasteiger partial charge on any atom is -0.384 e. The summed E-state index contributed by atoms with van der Waals surface area (Å²) in [4.78, 5) is 2.38. The Bertz CT molecular complexity index is 399. The third-order valence-corrected chi connectivity index (χ3v) is 3.52. The van der Waals surface area contributed by atoms with Gasteiger partial charge in [-0.1, -0.05) is 65.5 Å². The van der Waals surface area contributed by atoms with Gasteiger partial charge >= 0.3 is 0 Å². The maximum absolute atomic E-state index is 5.10. The largest absolute Gasteiger partial charge is 0.384 e. The molecule has 0 fully saturated rings. The number of hydrogen-bond donors (Lipinski definition) is 2. The second-order valence-corrected chi connectivity index (χ2v) is 5.74. The molecule has 0 saturated heterocycles. The predicted octanol–water partition coefficient (Wildman–Crippen LogP) is 6.54. The van der Waals surface area contributed by atoms with Crippen molar-refractivity contribution in [2.75, 3.05) is 38.3 Å². The molecule has 23 heavy (non-hydrogen) atoms. The first-order chi connectivity index (χ1) is 11.1. The molecular weight excluding hydrogens is 340 g/mol. The molecule has 1 rings (SSSR count). The third-order valence-electron chi connectivity index (χ3n) is 2.63. The van der Waals surface area contributed by atoms with Crippen LogP contribution in [0.4, 0.5) is 5.69 Å². The maximum atomic E-state index is 5.10. The number of anilines is 1. The average Bonchev–Trinajstić information content (AvgIpc) is 2.58. The molecule has 138 valence electrons. The molecule has 0 aliphatic carbocycles. The van der Waals surface area contributed by atoms with Crippen LogP contribution in [0.15, 0.2) is 6.07 Å². The summed E-state index contributed by atoms with van der Waals surface area (Å²) in [7, 11) is 2.18. The Balaban J connectivity index is -0.000000496. The van der Waals surface area contributed by atoms with Gasteiger partial charge in [-0.3, -0.25) is 0 Å². The van der Waals surface area contributed by atoms with Crippen LogP contribution >= 0.6 is 37.1 Å². The minimum atomic E-state index is 0.820. The zero-order valence-corrected chi connectivity index (χ0v) is 18.8. The van der Waals surface area contributed by atoms with Gasteiger partial charge in [0.25, 0.3) is 0 Å². The van der Waals surface area contributed by atoms with Crippen molar-refractivity contribution >= 4 is 42.8 Å².